The van der Waals surface area contributed by atoms with Crippen LogP contribution in [0.4, 0.5) is 4.79 Å². The van der Waals surface area contributed by atoms with Gasteiger partial charge in [-0.2, -0.15) is 4.90 Å². The molecule has 1 aliphatic heterocycles. The Hall–Kier alpha value is -0.820. The molecule has 1 atom stereocenters. The SMILES string of the molecule is O=C(O)N1C(=O)C(N=C=S)SC1=S. The van der Waals surface area contributed by atoms with E-state index in [1.807, 2.05) is 5.16 Å². The predicted molar refractivity (Wildman–Crippen MR) is 53.9 cm³/mol. The first-order chi connectivity index (χ1) is 6.07. The summed E-state index contributed by atoms with van der Waals surface area (Å²) in [5.41, 5.74) is 0. The Morgan fingerprint density at radius 2 is 2.38 bits per heavy atom. The molecule has 8 heteroatoms. The number of carbonyl (C=O) groups is 2. The van der Waals surface area contributed by atoms with Gasteiger partial charge in [-0.1, -0.05) is 24.0 Å². The fraction of sp³-hybridized carbons (Fsp3) is 0.200. The number of amides is 2. The lowest BCUT2D eigenvalue weighted by Crippen LogP contribution is -2.35. The largest absolute Gasteiger partial charge is 0.464 e. The highest BCUT2D eigenvalue weighted by atomic mass is 32.2. The van der Waals surface area contributed by atoms with Gasteiger partial charge in [0, 0.05) is 0 Å². The summed E-state index contributed by atoms with van der Waals surface area (Å²) in [7, 11) is 0. The summed E-state index contributed by atoms with van der Waals surface area (Å²) in [5.74, 6) is -0.695. The first kappa shape index (κ1) is 10.3. The van der Waals surface area contributed by atoms with Crippen molar-refractivity contribution in [2.45, 2.75) is 5.37 Å². The molecule has 0 aromatic rings. The van der Waals surface area contributed by atoms with Crippen LogP contribution in [-0.4, -0.2) is 36.9 Å². The molecule has 1 saturated heterocycles. The minimum atomic E-state index is -1.40. The molecule has 5 nitrogen and oxygen atoms in total. The van der Waals surface area contributed by atoms with Gasteiger partial charge in [-0.25, -0.2) is 9.79 Å². The van der Waals surface area contributed by atoms with Gasteiger partial charge >= 0.3 is 6.09 Å². The fourth-order valence-corrected chi connectivity index (χ4v) is 2.09. The number of isothiocyanates is 1. The van der Waals surface area contributed by atoms with E-state index in [0.717, 1.165) is 11.8 Å². The van der Waals surface area contributed by atoms with Crippen LogP contribution in [0.25, 0.3) is 0 Å². The molecule has 0 aliphatic carbocycles. The molecule has 2 amide bonds. The van der Waals surface area contributed by atoms with Crippen LogP contribution in [0.1, 0.15) is 0 Å². The molecule has 68 valence electrons. The van der Waals surface area contributed by atoms with E-state index in [2.05, 4.69) is 29.4 Å². The first-order valence-electron chi connectivity index (χ1n) is 2.92. The van der Waals surface area contributed by atoms with Crippen molar-refractivity contribution in [1.82, 2.24) is 4.90 Å². The average molecular weight is 234 g/mol. The van der Waals surface area contributed by atoms with Crippen LogP contribution >= 0.6 is 36.2 Å². The number of aliphatic imine (C=N–C) groups is 1. The van der Waals surface area contributed by atoms with Crippen LogP contribution in [-0.2, 0) is 4.79 Å². The lowest BCUT2D eigenvalue weighted by Gasteiger charge is -2.05. The Morgan fingerprint density at radius 1 is 1.77 bits per heavy atom. The summed E-state index contributed by atoms with van der Waals surface area (Å²) < 4.78 is -0.0310. The van der Waals surface area contributed by atoms with Crippen LogP contribution in [0, 0.1) is 0 Å². The number of carbonyl (C=O) groups excluding carboxylic acids is 1. The Bertz CT molecular complexity index is 336. The van der Waals surface area contributed by atoms with Crippen molar-refractivity contribution in [3.8, 4) is 0 Å². The van der Waals surface area contributed by atoms with Crippen molar-refractivity contribution in [2.24, 2.45) is 4.99 Å². The van der Waals surface area contributed by atoms with Gasteiger partial charge in [0.05, 0.1) is 5.16 Å². The van der Waals surface area contributed by atoms with E-state index in [0.29, 0.717) is 4.90 Å². The molecule has 1 unspecified atom stereocenters. The summed E-state index contributed by atoms with van der Waals surface area (Å²) in [6, 6.07) is 0. The monoisotopic (exact) mass is 234 g/mol. The Balaban J connectivity index is 2.94. The third-order valence-corrected chi connectivity index (χ3v) is 2.68. The van der Waals surface area contributed by atoms with E-state index in [9.17, 15) is 9.59 Å². The maximum absolute atomic E-state index is 11.2. The Morgan fingerprint density at radius 3 is 2.77 bits per heavy atom. The maximum Gasteiger partial charge on any atom is 0.419 e. The first-order valence-corrected chi connectivity index (χ1v) is 4.62. The van der Waals surface area contributed by atoms with E-state index >= 15 is 0 Å². The van der Waals surface area contributed by atoms with Gasteiger partial charge < -0.3 is 5.11 Å². The number of nitrogens with zero attached hydrogens (tertiary/aromatic N) is 2. The molecule has 0 aromatic carbocycles. The van der Waals surface area contributed by atoms with Crippen molar-refractivity contribution in [2.75, 3.05) is 0 Å². The zero-order valence-corrected chi connectivity index (χ0v) is 8.41. The number of hydrogen-bond acceptors (Lipinski definition) is 6. The highest BCUT2D eigenvalue weighted by Gasteiger charge is 2.40. The number of thiocarbonyl (C=S) groups is 2. The summed E-state index contributed by atoms with van der Waals surface area (Å²) in [6.07, 6.45) is -1.40. The van der Waals surface area contributed by atoms with Crippen LogP contribution in [0.15, 0.2) is 4.99 Å². The number of imide groups is 1. The standard InChI is InChI=1S/C5H2N2O3S3/c8-3-2(6-1-11)13-5(12)7(3)4(9)10/h2H,(H,9,10). The normalized spacial score (nSPS) is 21.5. The van der Waals surface area contributed by atoms with Gasteiger partial charge in [-0.3, -0.25) is 4.79 Å². The number of thioether (sulfide) groups is 1. The second-order valence-corrected chi connectivity index (χ2v) is 3.81. The lowest BCUT2D eigenvalue weighted by atomic mass is 10.5. The second kappa shape index (κ2) is 3.93. The highest BCUT2D eigenvalue weighted by Crippen LogP contribution is 2.27. The van der Waals surface area contributed by atoms with Crippen LogP contribution in [0.5, 0.6) is 0 Å². The zero-order valence-electron chi connectivity index (χ0n) is 5.96. The van der Waals surface area contributed by atoms with E-state index in [1.165, 1.54) is 0 Å². The van der Waals surface area contributed by atoms with Crippen LogP contribution in [0.3, 0.4) is 0 Å². The molecular formula is C5H2N2O3S3. The molecule has 13 heavy (non-hydrogen) atoms. The highest BCUT2D eigenvalue weighted by molar-refractivity contribution is 8.24. The molecular weight excluding hydrogens is 232 g/mol. The maximum atomic E-state index is 11.2. The van der Waals surface area contributed by atoms with Crippen molar-refractivity contribution < 1.29 is 14.7 Å². The van der Waals surface area contributed by atoms with Crippen molar-refractivity contribution in [3.05, 3.63) is 0 Å². The molecule has 0 saturated carbocycles. The minimum absolute atomic E-state index is 0.0310. The van der Waals surface area contributed by atoms with E-state index in [4.69, 9.17) is 5.11 Å². The Labute approximate surface area is 87.8 Å². The summed E-state index contributed by atoms with van der Waals surface area (Å²) in [5, 5.41) is 9.68. The average Bonchev–Trinajstić information content (AvgIpc) is 2.28. The summed E-state index contributed by atoms with van der Waals surface area (Å²) >= 11 is 9.81. The van der Waals surface area contributed by atoms with E-state index in [-0.39, 0.29) is 4.32 Å². The Kier molecular flexibility index (Phi) is 3.10. The number of rotatable bonds is 1. The van der Waals surface area contributed by atoms with Gasteiger partial charge in [-0.15, -0.1) is 0 Å². The molecule has 0 radical (unpaired) electrons. The van der Waals surface area contributed by atoms with Gasteiger partial charge in [0.15, 0.2) is 9.69 Å². The quantitative estimate of drug-likeness (QED) is 0.538. The van der Waals surface area contributed by atoms with Gasteiger partial charge in [0.25, 0.3) is 5.91 Å². The smallest absolute Gasteiger partial charge is 0.419 e. The van der Waals surface area contributed by atoms with Gasteiger partial charge in [0.1, 0.15) is 0 Å². The number of carboxylic acid groups (broad SMARTS) is 1. The van der Waals surface area contributed by atoms with E-state index in [1.54, 1.807) is 0 Å². The molecule has 0 aromatic heterocycles. The minimum Gasteiger partial charge on any atom is -0.464 e. The molecule has 1 aliphatic rings. The van der Waals surface area contributed by atoms with Gasteiger partial charge in [-0.05, 0) is 12.2 Å². The third kappa shape index (κ3) is 1.92. The third-order valence-electron chi connectivity index (χ3n) is 1.19. The summed E-state index contributed by atoms with van der Waals surface area (Å²) in [4.78, 5) is 25.6. The topological polar surface area (TPSA) is 70.0 Å². The summed E-state index contributed by atoms with van der Waals surface area (Å²) in [6.45, 7) is 0. The second-order valence-electron chi connectivity index (χ2n) is 1.91. The van der Waals surface area contributed by atoms with Crippen molar-refractivity contribution in [3.63, 3.8) is 0 Å². The molecule has 1 N–H and O–H groups in total. The molecule has 0 bridgehead atoms. The molecule has 1 rings (SSSR count). The van der Waals surface area contributed by atoms with Gasteiger partial charge in [0.2, 0.25) is 0 Å². The predicted octanol–water partition coefficient (Wildman–Crippen LogP) is 0.954. The van der Waals surface area contributed by atoms with Crippen molar-refractivity contribution >= 4 is 57.7 Å². The molecule has 1 fully saturated rings. The number of hydrogen-bond donors (Lipinski definition) is 1. The fourth-order valence-electron chi connectivity index (χ4n) is 0.701. The zero-order chi connectivity index (χ0) is 10.0. The van der Waals surface area contributed by atoms with Crippen LogP contribution < -0.4 is 0 Å². The molecule has 0 spiro atoms. The van der Waals surface area contributed by atoms with Crippen molar-refractivity contribution in [1.29, 1.82) is 0 Å². The molecule has 1 heterocycles. The van der Waals surface area contributed by atoms with Crippen LogP contribution in [0.2, 0.25) is 0 Å². The van der Waals surface area contributed by atoms with E-state index < -0.39 is 17.4 Å². The lowest BCUT2D eigenvalue weighted by molar-refractivity contribution is -0.124.